The molecule has 23 heavy (non-hydrogen) atoms. The van der Waals surface area contributed by atoms with E-state index in [0.717, 1.165) is 5.56 Å². The fourth-order valence-electron chi connectivity index (χ4n) is 2.20. The minimum Gasteiger partial charge on any atom is -0.335 e. The molecule has 7 heteroatoms. The molecule has 0 radical (unpaired) electrons. The standard InChI is InChI=1S/C16H14FN5O/c17-12-6-8-13(9-7-12)18-16(23)14(15-19-21-22-20-15)10-11-4-2-1-3-5-11/h1-9,14H,10H2,(H2,18,19,20,21,22,23)/p-1/t14-/m1/s1. The highest BCUT2D eigenvalue weighted by molar-refractivity contribution is 5.95. The maximum atomic E-state index is 12.9. The second kappa shape index (κ2) is 6.78. The number of halogens is 1. The molecule has 0 aliphatic heterocycles. The zero-order valence-corrected chi connectivity index (χ0v) is 12.1. The van der Waals surface area contributed by atoms with Gasteiger partial charge in [-0.05, 0) is 36.2 Å². The van der Waals surface area contributed by atoms with Gasteiger partial charge in [0, 0.05) is 11.5 Å². The average molecular weight is 310 g/mol. The number of hydrogen-bond donors (Lipinski definition) is 1. The molecule has 3 rings (SSSR count). The molecule has 1 heterocycles. The minimum atomic E-state index is -0.627. The first-order chi connectivity index (χ1) is 11.2. The Morgan fingerprint density at radius 2 is 1.87 bits per heavy atom. The van der Waals surface area contributed by atoms with E-state index in [9.17, 15) is 9.18 Å². The van der Waals surface area contributed by atoms with Gasteiger partial charge in [-0.25, -0.2) is 4.39 Å². The van der Waals surface area contributed by atoms with Crippen molar-refractivity contribution in [2.45, 2.75) is 12.3 Å². The lowest BCUT2D eigenvalue weighted by atomic mass is 9.97. The summed E-state index contributed by atoms with van der Waals surface area (Å²) in [6.07, 6.45) is 0.418. The third kappa shape index (κ3) is 3.76. The van der Waals surface area contributed by atoms with Crippen molar-refractivity contribution in [3.05, 3.63) is 71.8 Å². The van der Waals surface area contributed by atoms with Crippen LogP contribution in [0.1, 0.15) is 17.3 Å². The van der Waals surface area contributed by atoms with Crippen LogP contribution in [0.15, 0.2) is 54.6 Å². The first-order valence-corrected chi connectivity index (χ1v) is 7.01. The fourth-order valence-corrected chi connectivity index (χ4v) is 2.20. The summed E-state index contributed by atoms with van der Waals surface area (Å²) in [5.74, 6) is -1.03. The molecule has 0 bridgehead atoms. The van der Waals surface area contributed by atoms with E-state index in [4.69, 9.17) is 0 Å². The maximum absolute atomic E-state index is 12.9. The molecule has 1 atom stereocenters. The van der Waals surface area contributed by atoms with E-state index in [1.54, 1.807) is 0 Å². The second-order valence-corrected chi connectivity index (χ2v) is 4.98. The number of nitrogens with zero attached hydrogens (tertiary/aromatic N) is 4. The van der Waals surface area contributed by atoms with Gasteiger partial charge in [-0.1, -0.05) is 30.3 Å². The summed E-state index contributed by atoms with van der Waals surface area (Å²) >= 11 is 0. The minimum absolute atomic E-state index is 0.258. The molecule has 3 aromatic rings. The van der Waals surface area contributed by atoms with E-state index in [2.05, 4.69) is 25.9 Å². The van der Waals surface area contributed by atoms with Crippen LogP contribution in [0.3, 0.4) is 0 Å². The Morgan fingerprint density at radius 1 is 1.13 bits per heavy atom. The topological polar surface area (TPSA) is 81.9 Å². The highest BCUT2D eigenvalue weighted by Gasteiger charge is 2.21. The van der Waals surface area contributed by atoms with Crippen LogP contribution in [0, 0.1) is 5.82 Å². The van der Waals surface area contributed by atoms with Crippen molar-refractivity contribution in [3.63, 3.8) is 0 Å². The number of amides is 1. The number of carbonyl (C=O) groups excluding carboxylic acids is 1. The Kier molecular flexibility index (Phi) is 4.37. The van der Waals surface area contributed by atoms with Crippen molar-refractivity contribution in [1.29, 1.82) is 0 Å². The van der Waals surface area contributed by atoms with Crippen LogP contribution in [0.5, 0.6) is 0 Å². The first kappa shape index (κ1) is 14.8. The summed E-state index contributed by atoms with van der Waals surface area (Å²) < 4.78 is 12.9. The monoisotopic (exact) mass is 310 g/mol. The molecule has 1 N–H and O–H groups in total. The van der Waals surface area contributed by atoms with Crippen LogP contribution in [0.25, 0.3) is 0 Å². The summed E-state index contributed by atoms with van der Waals surface area (Å²) in [5.41, 5.74) is 1.47. The summed E-state index contributed by atoms with van der Waals surface area (Å²) in [6.45, 7) is 0. The van der Waals surface area contributed by atoms with Crippen molar-refractivity contribution in [3.8, 4) is 0 Å². The molecule has 0 saturated heterocycles. The predicted octanol–water partition coefficient (Wildman–Crippen LogP) is 1.93. The Hall–Kier alpha value is -3.09. The number of tetrazole rings is 1. The maximum Gasteiger partial charge on any atom is 0.232 e. The second-order valence-electron chi connectivity index (χ2n) is 4.98. The third-order valence-corrected chi connectivity index (χ3v) is 3.36. The van der Waals surface area contributed by atoms with Gasteiger partial charge in [0.25, 0.3) is 0 Å². The molecule has 0 unspecified atom stereocenters. The number of anilines is 1. The normalized spacial score (nSPS) is 11.9. The predicted molar refractivity (Wildman–Crippen MR) is 81.1 cm³/mol. The van der Waals surface area contributed by atoms with Gasteiger partial charge < -0.3 is 10.4 Å². The van der Waals surface area contributed by atoms with E-state index >= 15 is 0 Å². The van der Waals surface area contributed by atoms with Gasteiger partial charge in [-0.15, -0.1) is 0 Å². The lowest BCUT2D eigenvalue weighted by Gasteiger charge is -2.17. The van der Waals surface area contributed by atoms with E-state index in [1.165, 1.54) is 24.3 Å². The highest BCUT2D eigenvalue weighted by Crippen LogP contribution is 2.19. The lowest BCUT2D eigenvalue weighted by molar-refractivity contribution is -0.117. The Morgan fingerprint density at radius 3 is 2.52 bits per heavy atom. The fraction of sp³-hybridized carbons (Fsp3) is 0.125. The van der Waals surface area contributed by atoms with E-state index < -0.39 is 5.92 Å². The van der Waals surface area contributed by atoms with Crippen molar-refractivity contribution < 1.29 is 9.18 Å². The summed E-state index contributed by atoms with van der Waals surface area (Å²) in [6, 6.07) is 15.1. The number of hydrogen-bond acceptors (Lipinski definition) is 4. The van der Waals surface area contributed by atoms with Crippen LogP contribution < -0.4 is 10.4 Å². The molecule has 0 aliphatic rings. The van der Waals surface area contributed by atoms with Crippen molar-refractivity contribution in [2.24, 2.45) is 0 Å². The van der Waals surface area contributed by atoms with Crippen molar-refractivity contribution in [2.75, 3.05) is 5.32 Å². The quantitative estimate of drug-likeness (QED) is 0.778. The lowest BCUT2D eigenvalue weighted by Crippen LogP contribution is -2.24. The van der Waals surface area contributed by atoms with Crippen LogP contribution >= 0.6 is 0 Å². The van der Waals surface area contributed by atoms with Gasteiger partial charge in [0.1, 0.15) is 5.82 Å². The van der Waals surface area contributed by atoms with E-state index in [-0.39, 0.29) is 17.5 Å². The molecule has 1 aromatic heterocycles. The Labute approximate surface area is 131 Å². The molecule has 0 saturated carbocycles. The largest absolute Gasteiger partial charge is 0.335 e. The average Bonchev–Trinajstić information content (AvgIpc) is 3.10. The van der Waals surface area contributed by atoms with Crippen molar-refractivity contribution >= 4 is 11.6 Å². The Balaban J connectivity index is 1.80. The molecule has 1 amide bonds. The third-order valence-electron chi connectivity index (χ3n) is 3.36. The molecule has 0 spiro atoms. The molecular weight excluding hydrogens is 297 g/mol. The van der Waals surface area contributed by atoms with Crippen LogP contribution in [-0.4, -0.2) is 21.4 Å². The van der Waals surface area contributed by atoms with Gasteiger partial charge in [0.05, 0.1) is 5.92 Å². The van der Waals surface area contributed by atoms with Gasteiger partial charge in [-0.3, -0.25) is 15.1 Å². The van der Waals surface area contributed by atoms with Gasteiger partial charge in [0.2, 0.25) is 5.91 Å². The highest BCUT2D eigenvalue weighted by atomic mass is 19.1. The number of rotatable bonds is 5. The molecule has 0 fully saturated rings. The summed E-state index contributed by atoms with van der Waals surface area (Å²) in [7, 11) is 0. The molecule has 6 nitrogen and oxygen atoms in total. The molecule has 0 aliphatic carbocycles. The number of aromatic nitrogens is 4. The van der Waals surface area contributed by atoms with Gasteiger partial charge >= 0.3 is 0 Å². The zero-order valence-electron chi connectivity index (χ0n) is 12.1. The first-order valence-electron chi connectivity index (χ1n) is 7.01. The smallest absolute Gasteiger partial charge is 0.232 e. The summed E-state index contributed by atoms with van der Waals surface area (Å²) in [5, 5.41) is 17.2. The van der Waals surface area contributed by atoms with E-state index in [1.807, 2.05) is 30.3 Å². The zero-order chi connectivity index (χ0) is 16.1. The molecular formula is C16H13FN5O-. The molecule has 116 valence electrons. The van der Waals surface area contributed by atoms with Crippen molar-refractivity contribution in [1.82, 2.24) is 20.6 Å². The molecule has 2 aromatic carbocycles. The van der Waals surface area contributed by atoms with Crippen LogP contribution in [0.2, 0.25) is 0 Å². The van der Waals surface area contributed by atoms with E-state index in [0.29, 0.717) is 12.1 Å². The van der Waals surface area contributed by atoms with Crippen LogP contribution in [0.4, 0.5) is 10.1 Å². The summed E-state index contributed by atoms with van der Waals surface area (Å²) in [4.78, 5) is 12.6. The SMILES string of the molecule is O=C(Nc1ccc(F)cc1)[C@H](Cc1ccccc1)c1nnn[n-]1. The number of benzene rings is 2. The number of carbonyl (C=O) groups is 1. The number of nitrogens with one attached hydrogen (secondary N) is 1. The van der Waals surface area contributed by atoms with Gasteiger partial charge in [0.15, 0.2) is 0 Å². The van der Waals surface area contributed by atoms with Crippen LogP contribution in [-0.2, 0) is 11.2 Å². The van der Waals surface area contributed by atoms with Gasteiger partial charge in [-0.2, -0.15) is 5.21 Å². The Bertz CT molecular complexity index is 759.